The van der Waals surface area contributed by atoms with E-state index in [4.69, 9.17) is 9.84 Å². The lowest BCUT2D eigenvalue weighted by molar-refractivity contribution is -0.124. The molecule has 0 aromatic rings. The maximum Gasteiger partial charge on any atom is 0.410 e. The van der Waals surface area contributed by atoms with Gasteiger partial charge in [0.15, 0.2) is 5.78 Å². The number of ketones is 1. The maximum absolute atomic E-state index is 11.8. The summed E-state index contributed by atoms with van der Waals surface area (Å²) in [5, 5.41) is 9.06. The predicted octanol–water partition coefficient (Wildman–Crippen LogP) is 1.08. The summed E-state index contributed by atoms with van der Waals surface area (Å²) in [6.07, 6.45) is 0.698. The molecule has 5 nitrogen and oxygen atoms in total. The maximum atomic E-state index is 11.8. The van der Waals surface area contributed by atoms with Gasteiger partial charge in [-0.3, -0.25) is 9.69 Å². The zero-order valence-corrected chi connectivity index (χ0v) is 8.90. The Kier molecular flexibility index (Phi) is 2.22. The molecule has 0 bridgehead atoms. The lowest BCUT2D eigenvalue weighted by Crippen LogP contribution is -2.50. The molecule has 1 unspecified atom stereocenters. The lowest BCUT2D eigenvalue weighted by Gasteiger charge is -2.30. The first-order valence-electron chi connectivity index (χ1n) is 5.13. The smallest absolute Gasteiger partial charge is 0.410 e. The highest BCUT2D eigenvalue weighted by Gasteiger charge is 2.50. The largest absolute Gasteiger partial charge is 0.465 e. The Morgan fingerprint density at radius 3 is 2.47 bits per heavy atom. The van der Waals surface area contributed by atoms with Gasteiger partial charge in [0.2, 0.25) is 0 Å². The summed E-state index contributed by atoms with van der Waals surface area (Å²) in [6, 6.07) is -0.606. The molecule has 2 rings (SSSR count). The molecule has 1 amide bonds. The van der Waals surface area contributed by atoms with Gasteiger partial charge >= 0.3 is 6.09 Å². The third kappa shape index (κ3) is 1.71. The fourth-order valence-corrected chi connectivity index (χ4v) is 2.02. The highest BCUT2D eigenvalue weighted by Crippen LogP contribution is 2.36. The van der Waals surface area contributed by atoms with Gasteiger partial charge in [-0.15, -0.1) is 0 Å². The molecule has 84 valence electrons. The molecular formula is C10H15NO4. The van der Waals surface area contributed by atoms with Crippen LogP contribution in [0.1, 0.15) is 26.7 Å². The second-order valence-electron chi connectivity index (χ2n) is 4.60. The molecule has 0 radical (unpaired) electrons. The van der Waals surface area contributed by atoms with Crippen molar-refractivity contribution in [2.75, 3.05) is 6.61 Å². The first-order chi connectivity index (χ1) is 6.93. The fraction of sp³-hybridized carbons (Fsp3) is 0.800. The van der Waals surface area contributed by atoms with Gasteiger partial charge in [-0.05, 0) is 26.7 Å². The molecule has 1 atom stereocenters. The molecule has 1 saturated heterocycles. The number of carbonyl (C=O) groups excluding carboxylic acids is 1. The molecule has 2 fully saturated rings. The normalized spacial score (nSPS) is 29.2. The van der Waals surface area contributed by atoms with Gasteiger partial charge in [0.1, 0.15) is 11.8 Å². The van der Waals surface area contributed by atoms with Crippen LogP contribution in [0.15, 0.2) is 0 Å². The Morgan fingerprint density at radius 2 is 2.00 bits per heavy atom. The number of hydrogen-bond acceptors (Lipinski definition) is 3. The average Bonchev–Trinajstić information content (AvgIpc) is 2.88. The van der Waals surface area contributed by atoms with Crippen LogP contribution in [0.25, 0.3) is 0 Å². The third-order valence-corrected chi connectivity index (χ3v) is 3.00. The second-order valence-corrected chi connectivity index (χ2v) is 4.60. The number of carbonyl (C=O) groups is 2. The lowest BCUT2D eigenvalue weighted by atomic mass is 10.1. The second kappa shape index (κ2) is 3.20. The van der Waals surface area contributed by atoms with Crippen LogP contribution in [0.3, 0.4) is 0 Å². The van der Waals surface area contributed by atoms with Crippen molar-refractivity contribution in [1.29, 1.82) is 0 Å². The van der Waals surface area contributed by atoms with Gasteiger partial charge in [0, 0.05) is 5.92 Å². The number of rotatable bonds is 2. The van der Waals surface area contributed by atoms with E-state index >= 15 is 0 Å². The van der Waals surface area contributed by atoms with E-state index in [1.54, 1.807) is 13.8 Å². The van der Waals surface area contributed by atoms with Crippen LogP contribution in [0.2, 0.25) is 0 Å². The molecular weight excluding hydrogens is 198 g/mol. The Hall–Kier alpha value is -1.10. The quantitative estimate of drug-likeness (QED) is 0.745. The molecule has 1 saturated carbocycles. The fourth-order valence-electron chi connectivity index (χ4n) is 2.02. The minimum Gasteiger partial charge on any atom is -0.465 e. The predicted molar refractivity (Wildman–Crippen MR) is 51.4 cm³/mol. The molecule has 5 heteroatoms. The van der Waals surface area contributed by atoms with Gasteiger partial charge in [-0.1, -0.05) is 0 Å². The zero-order valence-electron chi connectivity index (χ0n) is 8.90. The number of Topliss-reactive ketones (excluding diaryl/α,β-unsaturated/α-hetero) is 1. The summed E-state index contributed by atoms with van der Waals surface area (Å²) in [7, 11) is 0. The molecule has 15 heavy (non-hydrogen) atoms. The van der Waals surface area contributed by atoms with E-state index in [9.17, 15) is 9.59 Å². The summed E-state index contributed by atoms with van der Waals surface area (Å²) in [5.74, 6) is 0.0809. The van der Waals surface area contributed by atoms with Crippen molar-refractivity contribution in [1.82, 2.24) is 4.90 Å². The summed E-state index contributed by atoms with van der Waals surface area (Å²) >= 11 is 0. The van der Waals surface area contributed by atoms with Crippen molar-refractivity contribution in [3.8, 4) is 0 Å². The van der Waals surface area contributed by atoms with E-state index in [1.165, 1.54) is 0 Å². The molecule has 0 aromatic heterocycles. The number of ether oxygens (including phenoxy) is 1. The molecule has 0 spiro atoms. The summed E-state index contributed by atoms with van der Waals surface area (Å²) in [6.45, 7) is 3.53. The van der Waals surface area contributed by atoms with E-state index in [2.05, 4.69) is 0 Å². The van der Waals surface area contributed by atoms with Crippen LogP contribution < -0.4 is 0 Å². The molecule has 1 heterocycles. The molecule has 2 aliphatic rings. The Bertz CT molecular complexity index is 309. The summed E-state index contributed by atoms with van der Waals surface area (Å²) in [5.41, 5.74) is -0.888. The van der Waals surface area contributed by atoms with Gasteiger partial charge in [0.25, 0.3) is 0 Å². The van der Waals surface area contributed by atoms with Crippen LogP contribution in [-0.2, 0) is 9.53 Å². The third-order valence-electron chi connectivity index (χ3n) is 3.00. The van der Waals surface area contributed by atoms with Crippen LogP contribution in [-0.4, -0.2) is 40.3 Å². The summed E-state index contributed by atoms with van der Waals surface area (Å²) in [4.78, 5) is 24.0. The molecule has 0 aromatic carbocycles. The number of carboxylic acid groups (broad SMARTS) is 1. The minimum atomic E-state index is -1.09. The first kappa shape index (κ1) is 10.4. The minimum absolute atomic E-state index is 0.0166. The van der Waals surface area contributed by atoms with E-state index in [0.717, 1.165) is 17.7 Å². The van der Waals surface area contributed by atoms with E-state index in [1.807, 2.05) is 0 Å². The first-order valence-corrected chi connectivity index (χ1v) is 5.13. The van der Waals surface area contributed by atoms with Crippen molar-refractivity contribution in [3.05, 3.63) is 0 Å². The molecule has 1 aliphatic heterocycles. The molecule has 1 aliphatic carbocycles. The van der Waals surface area contributed by atoms with Gasteiger partial charge < -0.3 is 9.84 Å². The monoisotopic (exact) mass is 213 g/mol. The van der Waals surface area contributed by atoms with E-state index in [0.29, 0.717) is 0 Å². The highest BCUT2D eigenvalue weighted by molar-refractivity contribution is 5.91. The van der Waals surface area contributed by atoms with Gasteiger partial charge in [-0.2, -0.15) is 0 Å². The Morgan fingerprint density at radius 1 is 1.40 bits per heavy atom. The van der Waals surface area contributed by atoms with Crippen LogP contribution in [0.4, 0.5) is 4.79 Å². The standard InChI is InChI=1S/C10H15NO4/c1-10(2)11(9(13)14)7(5-15-10)8(12)6-3-4-6/h6-7H,3-5H2,1-2H3,(H,13,14). The van der Waals surface area contributed by atoms with Crippen molar-refractivity contribution in [3.63, 3.8) is 0 Å². The van der Waals surface area contributed by atoms with Gasteiger partial charge in [0.05, 0.1) is 6.61 Å². The van der Waals surface area contributed by atoms with Crippen molar-refractivity contribution in [2.45, 2.75) is 38.5 Å². The van der Waals surface area contributed by atoms with Crippen molar-refractivity contribution in [2.24, 2.45) is 5.92 Å². The Labute approximate surface area is 88.0 Å². The molecule has 1 N–H and O–H groups in total. The number of amides is 1. The van der Waals surface area contributed by atoms with Crippen molar-refractivity contribution >= 4 is 11.9 Å². The number of nitrogens with zero attached hydrogens (tertiary/aromatic N) is 1. The summed E-state index contributed by atoms with van der Waals surface area (Å²) < 4.78 is 5.35. The van der Waals surface area contributed by atoms with E-state index < -0.39 is 17.9 Å². The van der Waals surface area contributed by atoms with Crippen LogP contribution >= 0.6 is 0 Å². The SMILES string of the molecule is CC1(C)OCC(C(=O)C2CC2)N1C(=O)O. The highest BCUT2D eigenvalue weighted by atomic mass is 16.5. The van der Waals surface area contributed by atoms with E-state index in [-0.39, 0.29) is 18.3 Å². The zero-order chi connectivity index (χ0) is 11.2. The average molecular weight is 213 g/mol. The van der Waals surface area contributed by atoms with Crippen LogP contribution in [0.5, 0.6) is 0 Å². The van der Waals surface area contributed by atoms with Crippen molar-refractivity contribution < 1.29 is 19.4 Å². The van der Waals surface area contributed by atoms with Gasteiger partial charge in [-0.25, -0.2) is 4.79 Å². The number of hydrogen-bond donors (Lipinski definition) is 1. The Balaban J connectivity index is 2.18. The topological polar surface area (TPSA) is 66.8 Å². The van der Waals surface area contributed by atoms with Crippen LogP contribution in [0, 0.1) is 5.92 Å².